The van der Waals surface area contributed by atoms with Crippen LogP contribution in [-0.4, -0.2) is 6.04 Å². The molecule has 2 heteroatoms. The third-order valence-electron chi connectivity index (χ3n) is 3.05. The van der Waals surface area contributed by atoms with Gasteiger partial charge < -0.3 is 5.32 Å². The molecule has 0 bridgehead atoms. The van der Waals surface area contributed by atoms with Crippen LogP contribution in [0.3, 0.4) is 0 Å². The van der Waals surface area contributed by atoms with Gasteiger partial charge in [-0.15, -0.1) is 0 Å². The van der Waals surface area contributed by atoms with Gasteiger partial charge in [-0.3, -0.25) is 0 Å². The van der Waals surface area contributed by atoms with E-state index < -0.39 is 0 Å². The molecule has 0 saturated carbocycles. The Balaban J connectivity index is 2.36. The molecule has 0 aliphatic heterocycles. The van der Waals surface area contributed by atoms with Crippen LogP contribution < -0.4 is 5.32 Å². The van der Waals surface area contributed by atoms with Crippen molar-refractivity contribution in [1.29, 1.82) is 0 Å². The average molecular weight is 237 g/mol. The van der Waals surface area contributed by atoms with Gasteiger partial charge in [-0.1, -0.05) is 26.0 Å². The zero-order chi connectivity index (χ0) is 12.8. The Morgan fingerprint density at radius 1 is 1.18 bits per heavy atom. The van der Waals surface area contributed by atoms with E-state index in [0.717, 1.165) is 23.6 Å². The monoisotopic (exact) mass is 237 g/mol. The fourth-order valence-corrected chi connectivity index (χ4v) is 1.79. The normalized spacial score (nSPS) is 13.1. The van der Waals surface area contributed by atoms with Crippen molar-refractivity contribution in [2.75, 3.05) is 0 Å². The SMILES string of the molecule is Cc1cc(CNC(C)CCC(C)C)ccc1F. The summed E-state index contributed by atoms with van der Waals surface area (Å²) in [6, 6.07) is 5.83. The minimum atomic E-state index is -0.124. The van der Waals surface area contributed by atoms with Crippen molar-refractivity contribution in [1.82, 2.24) is 5.32 Å². The number of nitrogens with one attached hydrogen (secondary N) is 1. The lowest BCUT2D eigenvalue weighted by Crippen LogP contribution is -2.25. The van der Waals surface area contributed by atoms with Gasteiger partial charge in [0.25, 0.3) is 0 Å². The summed E-state index contributed by atoms with van der Waals surface area (Å²) in [6.45, 7) is 9.33. The van der Waals surface area contributed by atoms with Gasteiger partial charge in [-0.05, 0) is 49.8 Å². The molecule has 0 amide bonds. The van der Waals surface area contributed by atoms with Gasteiger partial charge >= 0.3 is 0 Å². The van der Waals surface area contributed by atoms with E-state index in [4.69, 9.17) is 0 Å². The molecule has 0 aromatic heterocycles. The molecule has 0 fully saturated rings. The molecule has 1 aromatic carbocycles. The fraction of sp³-hybridized carbons (Fsp3) is 0.600. The Kier molecular flexibility index (Phi) is 5.63. The molecule has 0 saturated heterocycles. The van der Waals surface area contributed by atoms with E-state index in [9.17, 15) is 4.39 Å². The number of hydrogen-bond acceptors (Lipinski definition) is 1. The fourth-order valence-electron chi connectivity index (χ4n) is 1.79. The van der Waals surface area contributed by atoms with Gasteiger partial charge in [0.05, 0.1) is 0 Å². The number of rotatable bonds is 6. The lowest BCUT2D eigenvalue weighted by atomic mass is 10.0. The van der Waals surface area contributed by atoms with E-state index in [2.05, 4.69) is 26.1 Å². The smallest absolute Gasteiger partial charge is 0.126 e. The molecule has 0 heterocycles. The summed E-state index contributed by atoms with van der Waals surface area (Å²) < 4.78 is 13.1. The molecule has 0 spiro atoms. The van der Waals surface area contributed by atoms with Crippen molar-refractivity contribution in [3.63, 3.8) is 0 Å². The molecule has 1 atom stereocenters. The van der Waals surface area contributed by atoms with E-state index in [0.29, 0.717) is 6.04 Å². The standard InChI is InChI=1S/C15H24FN/c1-11(2)5-6-13(4)17-10-14-7-8-15(16)12(3)9-14/h7-9,11,13,17H,5-6,10H2,1-4H3. The van der Waals surface area contributed by atoms with Crippen molar-refractivity contribution in [2.24, 2.45) is 5.92 Å². The second-order valence-electron chi connectivity index (χ2n) is 5.34. The number of halogens is 1. The summed E-state index contributed by atoms with van der Waals surface area (Å²) >= 11 is 0. The van der Waals surface area contributed by atoms with Crippen molar-refractivity contribution in [3.05, 3.63) is 35.1 Å². The maximum Gasteiger partial charge on any atom is 0.126 e. The molecule has 0 aliphatic rings. The maximum absolute atomic E-state index is 13.1. The summed E-state index contributed by atoms with van der Waals surface area (Å²) in [7, 11) is 0. The van der Waals surface area contributed by atoms with Gasteiger partial charge in [-0.2, -0.15) is 0 Å². The highest BCUT2D eigenvalue weighted by Gasteiger charge is 2.04. The molecule has 0 aliphatic carbocycles. The van der Waals surface area contributed by atoms with Crippen LogP contribution in [-0.2, 0) is 6.54 Å². The molecule has 1 N–H and O–H groups in total. The van der Waals surface area contributed by atoms with Crippen LogP contribution in [0.2, 0.25) is 0 Å². The van der Waals surface area contributed by atoms with Crippen LogP contribution >= 0.6 is 0 Å². The number of benzene rings is 1. The van der Waals surface area contributed by atoms with E-state index in [1.165, 1.54) is 12.8 Å². The second kappa shape index (κ2) is 6.75. The van der Waals surface area contributed by atoms with Crippen molar-refractivity contribution >= 4 is 0 Å². The first-order chi connectivity index (χ1) is 7.99. The van der Waals surface area contributed by atoms with Gasteiger partial charge in [0.2, 0.25) is 0 Å². The van der Waals surface area contributed by atoms with Crippen LogP contribution in [0.4, 0.5) is 4.39 Å². The maximum atomic E-state index is 13.1. The van der Waals surface area contributed by atoms with E-state index in [1.54, 1.807) is 13.0 Å². The van der Waals surface area contributed by atoms with Crippen molar-refractivity contribution in [3.8, 4) is 0 Å². The zero-order valence-electron chi connectivity index (χ0n) is 11.4. The van der Waals surface area contributed by atoms with E-state index in [-0.39, 0.29) is 5.82 Å². The Morgan fingerprint density at radius 3 is 2.47 bits per heavy atom. The summed E-state index contributed by atoms with van der Waals surface area (Å²) in [5.41, 5.74) is 1.87. The van der Waals surface area contributed by atoms with Crippen molar-refractivity contribution in [2.45, 2.75) is 53.1 Å². The molecule has 1 nitrogen and oxygen atoms in total. The van der Waals surface area contributed by atoms with Crippen LogP contribution in [0.5, 0.6) is 0 Å². The van der Waals surface area contributed by atoms with Crippen LogP contribution in [0.15, 0.2) is 18.2 Å². The molecule has 1 unspecified atom stereocenters. The Morgan fingerprint density at radius 2 is 1.88 bits per heavy atom. The van der Waals surface area contributed by atoms with Gasteiger partial charge in [-0.25, -0.2) is 4.39 Å². The number of hydrogen-bond donors (Lipinski definition) is 1. The highest BCUT2D eigenvalue weighted by atomic mass is 19.1. The quantitative estimate of drug-likeness (QED) is 0.787. The molecule has 0 radical (unpaired) electrons. The van der Waals surface area contributed by atoms with Crippen molar-refractivity contribution < 1.29 is 4.39 Å². The first-order valence-corrected chi connectivity index (χ1v) is 6.47. The molecule has 1 aromatic rings. The zero-order valence-corrected chi connectivity index (χ0v) is 11.4. The average Bonchev–Trinajstić information content (AvgIpc) is 2.28. The highest BCUT2D eigenvalue weighted by molar-refractivity contribution is 5.23. The van der Waals surface area contributed by atoms with Crippen LogP contribution in [0, 0.1) is 18.7 Å². The Bertz CT molecular complexity index is 347. The lowest BCUT2D eigenvalue weighted by molar-refractivity contribution is 0.450. The minimum Gasteiger partial charge on any atom is -0.310 e. The first kappa shape index (κ1) is 14.2. The van der Waals surface area contributed by atoms with E-state index >= 15 is 0 Å². The van der Waals surface area contributed by atoms with Gasteiger partial charge in [0.15, 0.2) is 0 Å². The summed E-state index contributed by atoms with van der Waals surface area (Å²) in [5.74, 6) is 0.633. The third kappa shape index (κ3) is 5.31. The van der Waals surface area contributed by atoms with E-state index in [1.807, 2.05) is 12.1 Å². The largest absolute Gasteiger partial charge is 0.310 e. The molecule has 96 valence electrons. The molecular weight excluding hydrogens is 213 g/mol. The molecular formula is C15H24FN. The van der Waals surface area contributed by atoms with Crippen LogP contribution in [0.1, 0.15) is 44.7 Å². The Labute approximate surface area is 104 Å². The lowest BCUT2D eigenvalue weighted by Gasteiger charge is -2.15. The first-order valence-electron chi connectivity index (χ1n) is 6.47. The second-order valence-corrected chi connectivity index (χ2v) is 5.34. The highest BCUT2D eigenvalue weighted by Crippen LogP contribution is 2.10. The van der Waals surface area contributed by atoms with Gasteiger partial charge in [0.1, 0.15) is 5.82 Å². The molecule has 1 rings (SSSR count). The van der Waals surface area contributed by atoms with Gasteiger partial charge in [0, 0.05) is 12.6 Å². The minimum absolute atomic E-state index is 0.124. The topological polar surface area (TPSA) is 12.0 Å². The summed E-state index contributed by atoms with van der Waals surface area (Å²) in [4.78, 5) is 0. The predicted octanol–water partition coefficient (Wildman–Crippen LogP) is 4.05. The Hall–Kier alpha value is -0.890. The van der Waals surface area contributed by atoms with Crippen LogP contribution in [0.25, 0.3) is 0 Å². The third-order valence-corrected chi connectivity index (χ3v) is 3.05. The number of aryl methyl sites for hydroxylation is 1. The molecule has 17 heavy (non-hydrogen) atoms. The predicted molar refractivity (Wildman–Crippen MR) is 71.5 cm³/mol. The summed E-state index contributed by atoms with van der Waals surface area (Å²) in [6.07, 6.45) is 2.44. The summed E-state index contributed by atoms with van der Waals surface area (Å²) in [5, 5.41) is 3.48.